The van der Waals surface area contributed by atoms with E-state index in [1.54, 1.807) is 12.4 Å². The molecule has 5 aromatic carbocycles. The number of aromatic amines is 1. The first-order valence-corrected chi connectivity index (χ1v) is 20.7. The fourth-order valence-electron chi connectivity index (χ4n) is 8.12. The molecule has 2 aromatic heterocycles. The Labute approximate surface area is 345 Å². The zero-order valence-electron chi connectivity index (χ0n) is 33.3. The minimum Gasteiger partial charge on any atom is -0.487 e. The molecule has 0 radical (unpaired) electrons. The third-order valence-corrected chi connectivity index (χ3v) is 11.6. The number of likely N-dealkylation sites (tertiary alicyclic amines) is 1. The van der Waals surface area contributed by atoms with Crippen LogP contribution in [-0.4, -0.2) is 67.6 Å². The van der Waals surface area contributed by atoms with Gasteiger partial charge in [0.1, 0.15) is 18.7 Å². The van der Waals surface area contributed by atoms with Crippen molar-refractivity contribution < 1.29 is 14.9 Å². The molecule has 1 aliphatic heterocycles. The zero-order chi connectivity index (χ0) is 40.4. The number of pyridine rings is 1. The van der Waals surface area contributed by atoms with E-state index >= 15 is 0 Å². The quantitative estimate of drug-likeness (QED) is 0.0743. The van der Waals surface area contributed by atoms with Gasteiger partial charge in [-0.15, -0.1) is 0 Å². The molecule has 0 unspecified atom stereocenters. The van der Waals surface area contributed by atoms with Gasteiger partial charge in [0.25, 0.3) is 0 Å². The summed E-state index contributed by atoms with van der Waals surface area (Å²) < 4.78 is 7.97. The number of H-pyrrole nitrogens is 1. The molecule has 0 bridgehead atoms. The lowest BCUT2D eigenvalue weighted by atomic mass is 9.86. The normalized spacial score (nSPS) is 14.4. The van der Waals surface area contributed by atoms with Crippen molar-refractivity contribution in [2.45, 2.75) is 50.5 Å². The fraction of sp³-hybridized carbons (Fsp3) is 0.286. The highest BCUT2D eigenvalue weighted by Crippen LogP contribution is 2.35. The Kier molecular flexibility index (Phi) is 12.7. The van der Waals surface area contributed by atoms with Crippen LogP contribution < -0.4 is 15.6 Å². The molecule has 302 valence electrons. The Morgan fingerprint density at radius 2 is 1.42 bits per heavy atom. The van der Waals surface area contributed by atoms with E-state index in [0.29, 0.717) is 36.2 Å². The first-order valence-electron chi connectivity index (χ1n) is 20.7. The predicted molar refractivity (Wildman–Crippen MR) is 231 cm³/mol. The second kappa shape index (κ2) is 18.8. The van der Waals surface area contributed by atoms with Gasteiger partial charge in [0, 0.05) is 31.1 Å². The smallest absolute Gasteiger partial charge is 0.248 e. The summed E-state index contributed by atoms with van der Waals surface area (Å²) in [4.78, 5) is 22.3. The lowest BCUT2D eigenvalue weighted by Gasteiger charge is -2.32. The summed E-state index contributed by atoms with van der Waals surface area (Å²) in [6, 6.07) is 45.0. The predicted octanol–water partition coefficient (Wildman–Crippen LogP) is 6.80. The van der Waals surface area contributed by atoms with E-state index in [2.05, 4.69) is 44.5 Å². The van der Waals surface area contributed by atoms with Crippen molar-refractivity contribution in [2.24, 2.45) is 5.92 Å². The number of nitrogens with one attached hydrogen (secondary N) is 2. The Balaban J connectivity index is 0.768. The Hall–Kier alpha value is -5.91. The molecule has 0 aliphatic carbocycles. The van der Waals surface area contributed by atoms with Crippen LogP contribution in [0.2, 0.25) is 0 Å². The van der Waals surface area contributed by atoms with Crippen molar-refractivity contribution in [2.75, 3.05) is 32.7 Å². The molecule has 8 rings (SSSR count). The molecule has 10 nitrogen and oxygen atoms in total. The molecule has 3 heterocycles. The van der Waals surface area contributed by atoms with E-state index in [4.69, 9.17) is 9.84 Å². The molecule has 1 saturated heterocycles. The van der Waals surface area contributed by atoms with Crippen LogP contribution in [0.5, 0.6) is 5.75 Å². The molecule has 0 saturated carbocycles. The molecule has 1 atom stereocenters. The second-order valence-electron chi connectivity index (χ2n) is 15.6. The van der Waals surface area contributed by atoms with Crippen LogP contribution in [0.25, 0.3) is 10.9 Å². The fourth-order valence-corrected chi connectivity index (χ4v) is 8.12. The van der Waals surface area contributed by atoms with Gasteiger partial charge in [0.15, 0.2) is 11.4 Å². The second-order valence-corrected chi connectivity index (χ2v) is 15.6. The van der Waals surface area contributed by atoms with E-state index in [1.807, 2.05) is 108 Å². The summed E-state index contributed by atoms with van der Waals surface area (Å²) in [7, 11) is 0. The van der Waals surface area contributed by atoms with Crippen LogP contribution in [-0.2, 0) is 31.6 Å². The number of aromatic nitrogens is 4. The number of fused-ring (bicyclic) bond motifs is 1. The van der Waals surface area contributed by atoms with Gasteiger partial charge < -0.3 is 30.2 Å². The van der Waals surface area contributed by atoms with Crippen molar-refractivity contribution in [1.29, 1.82) is 0 Å². The lowest BCUT2D eigenvalue weighted by molar-refractivity contribution is 0.114. The SMILES string of the molecule is O=c1ccc2c([C@@H](O)CNCCc3ccc(CCN4CCC(Cn5cnc(C(O)(c6ccccc6)c6ccccc6)n5)CC4)cc3)ccc(OCc3ccccc3)c2[nH]1. The summed E-state index contributed by atoms with van der Waals surface area (Å²) in [5, 5.41) is 32.2. The number of nitrogens with zero attached hydrogens (tertiary/aromatic N) is 4. The highest BCUT2D eigenvalue weighted by Gasteiger charge is 2.38. The monoisotopic (exact) mass is 788 g/mol. The number of hydrogen-bond donors (Lipinski definition) is 4. The molecule has 10 heteroatoms. The van der Waals surface area contributed by atoms with Crippen molar-refractivity contribution in [1.82, 2.24) is 30.0 Å². The van der Waals surface area contributed by atoms with Crippen molar-refractivity contribution >= 4 is 10.9 Å². The molecular weight excluding hydrogens is 737 g/mol. The van der Waals surface area contributed by atoms with Gasteiger partial charge in [-0.3, -0.25) is 9.48 Å². The number of benzene rings is 5. The third kappa shape index (κ3) is 9.70. The maximum Gasteiger partial charge on any atom is 0.248 e. The van der Waals surface area contributed by atoms with Gasteiger partial charge >= 0.3 is 0 Å². The summed E-state index contributed by atoms with van der Waals surface area (Å²) in [6.07, 6.45) is 5.07. The van der Waals surface area contributed by atoms with Gasteiger partial charge in [0.05, 0.1) is 11.6 Å². The molecule has 7 aromatic rings. The first-order chi connectivity index (χ1) is 28.9. The summed E-state index contributed by atoms with van der Waals surface area (Å²) in [6.45, 7) is 5.42. The summed E-state index contributed by atoms with van der Waals surface area (Å²) >= 11 is 0. The van der Waals surface area contributed by atoms with Crippen LogP contribution in [0.1, 0.15) is 58.2 Å². The van der Waals surface area contributed by atoms with E-state index < -0.39 is 11.7 Å². The number of aliphatic hydroxyl groups is 2. The van der Waals surface area contributed by atoms with Gasteiger partial charge in [-0.25, -0.2) is 4.98 Å². The summed E-state index contributed by atoms with van der Waals surface area (Å²) in [5.74, 6) is 1.48. The highest BCUT2D eigenvalue weighted by atomic mass is 16.5. The Morgan fingerprint density at radius 3 is 2.10 bits per heavy atom. The van der Waals surface area contributed by atoms with Gasteiger partial charge in [0.2, 0.25) is 5.56 Å². The molecular formula is C49H52N6O4. The first kappa shape index (κ1) is 39.9. The van der Waals surface area contributed by atoms with Crippen LogP contribution in [0.4, 0.5) is 0 Å². The van der Waals surface area contributed by atoms with E-state index in [-0.39, 0.29) is 5.56 Å². The summed E-state index contributed by atoms with van der Waals surface area (Å²) in [5.41, 5.74) is 4.80. The average Bonchev–Trinajstić information content (AvgIpc) is 3.76. The molecule has 1 fully saturated rings. The lowest BCUT2D eigenvalue weighted by Crippen LogP contribution is -2.36. The standard InChI is InChI=1S/C49H52N6O4/c56-44(42-20-22-45(47-43(42)21-23-46(57)52-47)59-34-39-10-4-1-5-11-39)32-50-28-24-36-16-18-37(19-17-36)25-29-54-30-26-38(27-31-54)33-55-35-51-48(53-55)49(58,40-12-6-2-7-13-40)41-14-8-3-9-15-41/h1-23,35,38,44,50,56,58H,24-34H2,(H,52,57)/t44-/m0/s1. The minimum atomic E-state index is -1.43. The van der Waals surface area contributed by atoms with Crippen LogP contribution in [0.15, 0.2) is 151 Å². The van der Waals surface area contributed by atoms with E-state index in [0.717, 1.165) is 86.0 Å². The molecule has 1 aliphatic rings. The maximum absolute atomic E-state index is 12.2. The largest absolute Gasteiger partial charge is 0.487 e. The molecule has 0 spiro atoms. The van der Waals surface area contributed by atoms with E-state index in [1.165, 1.54) is 17.2 Å². The van der Waals surface area contributed by atoms with Crippen molar-refractivity contribution in [3.63, 3.8) is 0 Å². The molecule has 4 N–H and O–H groups in total. The topological polar surface area (TPSA) is 129 Å². The van der Waals surface area contributed by atoms with Crippen LogP contribution in [0, 0.1) is 5.92 Å². The number of ether oxygens (including phenoxy) is 1. The van der Waals surface area contributed by atoms with Crippen molar-refractivity contribution in [3.05, 3.63) is 195 Å². The van der Waals surface area contributed by atoms with Crippen molar-refractivity contribution in [3.8, 4) is 5.75 Å². The Morgan fingerprint density at radius 1 is 0.780 bits per heavy atom. The number of rotatable bonds is 17. The van der Waals surface area contributed by atoms with Crippen LogP contribution >= 0.6 is 0 Å². The molecule has 0 amide bonds. The third-order valence-electron chi connectivity index (χ3n) is 11.6. The number of piperidine rings is 1. The van der Waals surface area contributed by atoms with Crippen LogP contribution in [0.3, 0.4) is 0 Å². The van der Waals surface area contributed by atoms with Gasteiger partial charge in [-0.05, 0) is 96.7 Å². The van der Waals surface area contributed by atoms with E-state index in [9.17, 15) is 15.0 Å². The Bertz CT molecular complexity index is 2410. The molecule has 59 heavy (non-hydrogen) atoms. The number of hydrogen-bond acceptors (Lipinski definition) is 8. The van der Waals surface area contributed by atoms with Gasteiger partial charge in [-0.1, -0.05) is 121 Å². The number of aliphatic hydroxyl groups excluding tert-OH is 1. The average molecular weight is 789 g/mol. The maximum atomic E-state index is 12.2. The van der Waals surface area contributed by atoms with Gasteiger partial charge in [-0.2, -0.15) is 5.10 Å². The zero-order valence-corrected chi connectivity index (χ0v) is 33.3. The highest BCUT2D eigenvalue weighted by molar-refractivity contribution is 5.87. The minimum absolute atomic E-state index is 0.215.